The SMILES string of the molecule is Cc1ccc(C)c(NC(=O)C(Sc2cccc(NC(=O)CC(C)(C)C)c2)c2ccccc2)c1. The maximum absolute atomic E-state index is 13.4. The number of nitrogens with one attached hydrogen (secondary N) is 2. The molecule has 1 unspecified atom stereocenters. The molecule has 0 saturated heterocycles. The number of carbonyl (C=O) groups is 2. The van der Waals surface area contributed by atoms with Gasteiger partial charge in [-0.25, -0.2) is 0 Å². The van der Waals surface area contributed by atoms with Gasteiger partial charge in [0.25, 0.3) is 0 Å². The molecule has 2 amide bonds. The topological polar surface area (TPSA) is 58.2 Å². The van der Waals surface area contributed by atoms with Gasteiger partial charge in [-0.05, 0) is 60.2 Å². The van der Waals surface area contributed by atoms with E-state index < -0.39 is 5.25 Å². The summed E-state index contributed by atoms with van der Waals surface area (Å²) in [4.78, 5) is 26.7. The maximum Gasteiger partial charge on any atom is 0.242 e. The lowest BCUT2D eigenvalue weighted by Gasteiger charge is -2.19. The molecule has 0 aromatic heterocycles. The first-order chi connectivity index (χ1) is 15.6. The van der Waals surface area contributed by atoms with E-state index in [1.165, 1.54) is 11.8 Å². The molecule has 0 saturated carbocycles. The van der Waals surface area contributed by atoms with Gasteiger partial charge in [-0.15, -0.1) is 11.8 Å². The number of amides is 2. The van der Waals surface area contributed by atoms with Crippen LogP contribution in [0.15, 0.2) is 77.7 Å². The van der Waals surface area contributed by atoms with E-state index in [0.717, 1.165) is 33.0 Å². The molecular formula is C28H32N2O2S. The Kier molecular flexibility index (Phi) is 7.98. The molecule has 0 aliphatic heterocycles. The van der Waals surface area contributed by atoms with E-state index in [-0.39, 0.29) is 17.2 Å². The highest BCUT2D eigenvalue weighted by Crippen LogP contribution is 2.37. The third-order valence-corrected chi connectivity index (χ3v) is 6.30. The number of anilines is 2. The summed E-state index contributed by atoms with van der Waals surface area (Å²) in [6, 6.07) is 23.5. The summed E-state index contributed by atoms with van der Waals surface area (Å²) < 4.78 is 0. The molecule has 1 atom stereocenters. The summed E-state index contributed by atoms with van der Waals surface area (Å²) in [5, 5.41) is 5.66. The largest absolute Gasteiger partial charge is 0.326 e. The molecule has 33 heavy (non-hydrogen) atoms. The Hall–Kier alpha value is -3.05. The van der Waals surface area contributed by atoms with E-state index in [4.69, 9.17) is 0 Å². The monoisotopic (exact) mass is 460 g/mol. The van der Waals surface area contributed by atoms with Crippen molar-refractivity contribution in [3.63, 3.8) is 0 Å². The van der Waals surface area contributed by atoms with E-state index in [2.05, 4.69) is 10.6 Å². The highest BCUT2D eigenvalue weighted by molar-refractivity contribution is 8.00. The van der Waals surface area contributed by atoms with Crippen LogP contribution in [0.1, 0.15) is 49.1 Å². The summed E-state index contributed by atoms with van der Waals surface area (Å²) in [5.74, 6) is -0.0982. The van der Waals surface area contributed by atoms with Crippen LogP contribution in [0.5, 0.6) is 0 Å². The lowest BCUT2D eigenvalue weighted by atomic mass is 9.92. The molecule has 0 bridgehead atoms. The Balaban J connectivity index is 1.82. The Morgan fingerprint density at radius 1 is 0.879 bits per heavy atom. The Morgan fingerprint density at radius 3 is 2.30 bits per heavy atom. The Labute approximate surface area is 201 Å². The van der Waals surface area contributed by atoms with Crippen molar-refractivity contribution in [2.75, 3.05) is 10.6 Å². The van der Waals surface area contributed by atoms with Crippen molar-refractivity contribution >= 4 is 35.0 Å². The van der Waals surface area contributed by atoms with Crippen molar-refractivity contribution in [1.29, 1.82) is 0 Å². The standard InChI is InChI=1S/C28H32N2O2S/c1-19-14-15-20(2)24(16-19)30-27(32)26(21-10-7-6-8-11-21)33-23-13-9-12-22(17-23)29-25(31)18-28(3,4)5/h6-17,26H,18H2,1-5H3,(H,29,31)(H,30,32). The molecule has 3 rings (SSSR count). The van der Waals surface area contributed by atoms with Gasteiger partial charge in [-0.1, -0.05) is 69.3 Å². The molecule has 0 aliphatic rings. The second kappa shape index (κ2) is 10.7. The lowest BCUT2D eigenvalue weighted by molar-refractivity contribution is -0.118. The number of hydrogen-bond acceptors (Lipinski definition) is 3. The van der Waals surface area contributed by atoms with E-state index >= 15 is 0 Å². The van der Waals surface area contributed by atoms with Gasteiger partial charge in [0.1, 0.15) is 5.25 Å². The van der Waals surface area contributed by atoms with Crippen LogP contribution in [0.4, 0.5) is 11.4 Å². The molecule has 3 aromatic carbocycles. The van der Waals surface area contributed by atoms with Gasteiger partial charge in [0.05, 0.1) is 0 Å². The average molecular weight is 461 g/mol. The minimum absolute atomic E-state index is 0.0167. The predicted octanol–water partition coefficient (Wildman–Crippen LogP) is 7.15. The molecule has 4 nitrogen and oxygen atoms in total. The van der Waals surface area contributed by atoms with Crippen LogP contribution in [0.25, 0.3) is 0 Å². The zero-order chi connectivity index (χ0) is 24.0. The first-order valence-electron chi connectivity index (χ1n) is 11.1. The summed E-state index contributed by atoms with van der Waals surface area (Å²) in [6.45, 7) is 10.1. The van der Waals surface area contributed by atoms with Crippen LogP contribution >= 0.6 is 11.8 Å². The summed E-state index contributed by atoms with van der Waals surface area (Å²) >= 11 is 1.47. The summed E-state index contributed by atoms with van der Waals surface area (Å²) in [7, 11) is 0. The highest BCUT2D eigenvalue weighted by atomic mass is 32.2. The van der Waals surface area contributed by atoms with Crippen LogP contribution in [0, 0.1) is 19.3 Å². The lowest BCUT2D eigenvalue weighted by Crippen LogP contribution is -2.20. The molecule has 0 heterocycles. The normalized spacial score (nSPS) is 12.2. The van der Waals surface area contributed by atoms with E-state index in [1.54, 1.807) is 0 Å². The maximum atomic E-state index is 13.4. The number of thioether (sulfide) groups is 1. The van der Waals surface area contributed by atoms with Crippen molar-refractivity contribution in [2.24, 2.45) is 5.41 Å². The van der Waals surface area contributed by atoms with E-state index in [9.17, 15) is 9.59 Å². The number of benzene rings is 3. The number of rotatable bonds is 7. The fraction of sp³-hybridized carbons (Fsp3) is 0.286. The first-order valence-corrected chi connectivity index (χ1v) is 12.0. The average Bonchev–Trinajstić information content (AvgIpc) is 2.74. The molecule has 0 fully saturated rings. The van der Waals surface area contributed by atoms with Crippen LogP contribution in [0.2, 0.25) is 0 Å². The second-order valence-electron chi connectivity index (χ2n) is 9.53. The van der Waals surface area contributed by atoms with Crippen LogP contribution < -0.4 is 10.6 Å². The van der Waals surface area contributed by atoms with E-state index in [1.807, 2.05) is 107 Å². The Morgan fingerprint density at radius 2 is 1.61 bits per heavy atom. The second-order valence-corrected chi connectivity index (χ2v) is 10.7. The van der Waals surface area contributed by atoms with Crippen molar-refractivity contribution in [3.05, 3.63) is 89.5 Å². The number of aryl methyl sites for hydroxylation is 2. The zero-order valence-corrected chi connectivity index (χ0v) is 20.8. The summed E-state index contributed by atoms with van der Waals surface area (Å²) in [5.41, 5.74) is 4.52. The molecular weight excluding hydrogens is 428 g/mol. The minimum Gasteiger partial charge on any atom is -0.326 e. The highest BCUT2D eigenvalue weighted by Gasteiger charge is 2.23. The predicted molar refractivity (Wildman–Crippen MR) is 139 cm³/mol. The quantitative estimate of drug-likeness (QED) is 0.368. The van der Waals surface area contributed by atoms with E-state index in [0.29, 0.717) is 6.42 Å². The smallest absolute Gasteiger partial charge is 0.242 e. The fourth-order valence-electron chi connectivity index (χ4n) is 3.44. The number of carbonyl (C=O) groups excluding carboxylic acids is 2. The van der Waals surface area contributed by atoms with Gasteiger partial charge in [-0.2, -0.15) is 0 Å². The van der Waals surface area contributed by atoms with Gasteiger partial charge >= 0.3 is 0 Å². The van der Waals surface area contributed by atoms with Crippen molar-refractivity contribution < 1.29 is 9.59 Å². The molecule has 5 heteroatoms. The molecule has 172 valence electrons. The Bertz CT molecular complexity index is 1120. The zero-order valence-electron chi connectivity index (χ0n) is 19.9. The third-order valence-electron chi connectivity index (χ3n) is 5.05. The molecule has 2 N–H and O–H groups in total. The van der Waals surface area contributed by atoms with Crippen LogP contribution in [0.3, 0.4) is 0 Å². The molecule has 0 aliphatic carbocycles. The van der Waals surface area contributed by atoms with Gasteiger partial charge in [0.15, 0.2) is 0 Å². The van der Waals surface area contributed by atoms with Crippen molar-refractivity contribution in [2.45, 2.75) is 51.2 Å². The molecule has 3 aromatic rings. The fourth-order valence-corrected chi connectivity index (χ4v) is 4.52. The van der Waals surface area contributed by atoms with Gasteiger partial charge in [-0.3, -0.25) is 9.59 Å². The first kappa shape index (κ1) is 24.6. The summed E-state index contributed by atoms with van der Waals surface area (Å²) in [6.07, 6.45) is 0.440. The van der Waals surface area contributed by atoms with Crippen LogP contribution in [-0.2, 0) is 9.59 Å². The van der Waals surface area contributed by atoms with Gasteiger partial charge in [0.2, 0.25) is 11.8 Å². The third kappa shape index (κ3) is 7.50. The molecule has 0 radical (unpaired) electrons. The van der Waals surface area contributed by atoms with Crippen molar-refractivity contribution in [1.82, 2.24) is 0 Å². The molecule has 0 spiro atoms. The minimum atomic E-state index is -0.438. The van der Waals surface area contributed by atoms with Gasteiger partial charge in [0, 0.05) is 22.7 Å². The van der Waals surface area contributed by atoms with Gasteiger partial charge < -0.3 is 10.6 Å². The number of hydrogen-bond donors (Lipinski definition) is 2. The van der Waals surface area contributed by atoms with Crippen molar-refractivity contribution in [3.8, 4) is 0 Å². The van der Waals surface area contributed by atoms with Crippen LogP contribution in [-0.4, -0.2) is 11.8 Å².